The van der Waals surface area contributed by atoms with Crippen LogP contribution in [0.1, 0.15) is 10.4 Å². The minimum absolute atomic E-state index is 0.0809. The summed E-state index contributed by atoms with van der Waals surface area (Å²) >= 11 is 0. The Bertz CT molecular complexity index is 776. The number of rotatable bonds is 3. The molecule has 0 aliphatic carbocycles. The number of pyridine rings is 1. The molecule has 2 aromatic rings. The Morgan fingerprint density at radius 2 is 2.29 bits per heavy atom. The average molecular weight is 325 g/mol. The van der Waals surface area contributed by atoms with Gasteiger partial charge in [0.15, 0.2) is 0 Å². The second-order valence-electron chi connectivity index (χ2n) is 7.41. The third kappa shape index (κ3) is 2.58. The van der Waals surface area contributed by atoms with E-state index in [1.54, 1.807) is 6.20 Å². The second-order valence-corrected chi connectivity index (χ2v) is 7.41. The maximum absolute atomic E-state index is 13.0. The number of hydrogen-bond acceptors (Lipinski definition) is 4. The predicted molar refractivity (Wildman–Crippen MR) is 92.9 cm³/mol. The van der Waals surface area contributed by atoms with Crippen molar-refractivity contribution in [2.24, 2.45) is 11.3 Å². The fourth-order valence-electron chi connectivity index (χ4n) is 4.23. The molecule has 0 bridgehead atoms. The van der Waals surface area contributed by atoms with Crippen LogP contribution < -0.4 is 0 Å². The first-order chi connectivity index (χ1) is 11.6. The zero-order valence-corrected chi connectivity index (χ0v) is 14.2. The first-order valence-electron chi connectivity index (χ1n) is 8.44. The summed E-state index contributed by atoms with van der Waals surface area (Å²) in [6.45, 7) is 4.04. The van der Waals surface area contributed by atoms with Crippen molar-refractivity contribution >= 4 is 16.8 Å². The summed E-state index contributed by atoms with van der Waals surface area (Å²) in [4.78, 5) is 21.5. The highest BCUT2D eigenvalue weighted by Crippen LogP contribution is 2.42. The van der Waals surface area contributed by atoms with E-state index in [1.807, 2.05) is 35.2 Å². The Morgan fingerprint density at radius 3 is 3.12 bits per heavy atom. The molecule has 4 rings (SSSR count). The molecular weight excluding hydrogens is 302 g/mol. The zero-order chi connectivity index (χ0) is 16.7. The number of ether oxygens (including phenoxy) is 1. The van der Waals surface area contributed by atoms with Gasteiger partial charge in [0.25, 0.3) is 5.91 Å². The van der Waals surface area contributed by atoms with Crippen LogP contribution in [0.15, 0.2) is 36.5 Å². The molecular formula is C19H23N3O2. The number of likely N-dealkylation sites (tertiary alicyclic amines) is 1. The molecule has 1 amide bonds. The summed E-state index contributed by atoms with van der Waals surface area (Å²) in [6.07, 6.45) is 1.77. The highest BCUT2D eigenvalue weighted by atomic mass is 16.5. The molecule has 5 heteroatoms. The first kappa shape index (κ1) is 15.5. The summed E-state index contributed by atoms with van der Waals surface area (Å²) in [5, 5.41) is 1.01. The SMILES string of the molecule is CN(C)C[C@@]12COC[C@@H]1CN(C(=O)c1ccc3ncccc3c1)C2. The van der Waals surface area contributed by atoms with Crippen molar-refractivity contribution in [3.8, 4) is 0 Å². The van der Waals surface area contributed by atoms with Gasteiger partial charge in [-0.1, -0.05) is 6.07 Å². The fourth-order valence-corrected chi connectivity index (χ4v) is 4.23. The van der Waals surface area contributed by atoms with Gasteiger partial charge in [0.2, 0.25) is 0 Å². The largest absolute Gasteiger partial charge is 0.380 e. The van der Waals surface area contributed by atoms with E-state index in [2.05, 4.69) is 24.0 Å². The highest BCUT2D eigenvalue weighted by Gasteiger charge is 2.51. The lowest BCUT2D eigenvalue weighted by Gasteiger charge is -2.30. The first-order valence-corrected chi connectivity index (χ1v) is 8.44. The molecule has 24 heavy (non-hydrogen) atoms. The number of amides is 1. The van der Waals surface area contributed by atoms with Crippen molar-refractivity contribution < 1.29 is 9.53 Å². The van der Waals surface area contributed by atoms with Crippen molar-refractivity contribution in [2.75, 3.05) is 46.9 Å². The van der Waals surface area contributed by atoms with Gasteiger partial charge in [-0.3, -0.25) is 9.78 Å². The van der Waals surface area contributed by atoms with E-state index in [-0.39, 0.29) is 11.3 Å². The van der Waals surface area contributed by atoms with E-state index < -0.39 is 0 Å². The zero-order valence-electron chi connectivity index (χ0n) is 14.2. The summed E-state index contributed by atoms with van der Waals surface area (Å²) in [6, 6.07) is 9.67. The molecule has 0 spiro atoms. The van der Waals surface area contributed by atoms with E-state index >= 15 is 0 Å². The minimum atomic E-state index is 0.0809. The average Bonchev–Trinajstić information content (AvgIpc) is 3.09. The van der Waals surface area contributed by atoms with Gasteiger partial charge in [-0.2, -0.15) is 0 Å². The van der Waals surface area contributed by atoms with Crippen molar-refractivity contribution in [1.29, 1.82) is 0 Å². The highest BCUT2D eigenvalue weighted by molar-refractivity contribution is 5.98. The van der Waals surface area contributed by atoms with Gasteiger partial charge in [-0.25, -0.2) is 0 Å². The number of hydrogen-bond donors (Lipinski definition) is 0. The lowest BCUT2D eigenvalue weighted by molar-refractivity contribution is 0.0697. The molecule has 5 nitrogen and oxygen atoms in total. The number of aromatic nitrogens is 1. The Morgan fingerprint density at radius 1 is 1.42 bits per heavy atom. The van der Waals surface area contributed by atoms with Gasteiger partial charge in [0.05, 0.1) is 18.7 Å². The predicted octanol–water partition coefficient (Wildman–Crippen LogP) is 1.88. The Balaban J connectivity index is 1.58. The van der Waals surface area contributed by atoms with Crippen molar-refractivity contribution in [2.45, 2.75) is 0 Å². The molecule has 2 saturated heterocycles. The Hall–Kier alpha value is -1.98. The van der Waals surface area contributed by atoms with Crippen LogP contribution in [0.5, 0.6) is 0 Å². The molecule has 0 unspecified atom stereocenters. The molecule has 1 aromatic heterocycles. The number of fused-ring (bicyclic) bond motifs is 2. The van der Waals surface area contributed by atoms with Crippen LogP contribution in [0.3, 0.4) is 0 Å². The van der Waals surface area contributed by atoms with Gasteiger partial charge >= 0.3 is 0 Å². The van der Waals surface area contributed by atoms with E-state index in [9.17, 15) is 4.79 Å². The number of carbonyl (C=O) groups is 1. The lowest BCUT2D eigenvalue weighted by Crippen LogP contribution is -2.41. The lowest BCUT2D eigenvalue weighted by atomic mass is 9.81. The maximum Gasteiger partial charge on any atom is 0.253 e. The van der Waals surface area contributed by atoms with E-state index in [0.717, 1.165) is 49.3 Å². The quantitative estimate of drug-likeness (QED) is 0.864. The molecule has 2 atom stereocenters. The number of carbonyl (C=O) groups excluding carboxylic acids is 1. The Kier molecular flexibility index (Phi) is 3.77. The number of benzene rings is 1. The molecule has 0 N–H and O–H groups in total. The Labute approximate surface area is 142 Å². The van der Waals surface area contributed by atoms with E-state index in [1.165, 1.54) is 0 Å². The monoisotopic (exact) mass is 325 g/mol. The standard InChI is InChI=1S/C19H23N3O2/c1-21(2)11-19-12-22(9-16(19)10-24-13-19)18(23)15-5-6-17-14(8-15)4-3-7-20-17/h3-8,16H,9-13H2,1-2H3/t16-,19+/m0/s1. The third-order valence-electron chi connectivity index (χ3n) is 5.29. The van der Waals surface area contributed by atoms with Gasteiger partial charge in [-0.05, 0) is 38.4 Å². The molecule has 3 heterocycles. The summed E-state index contributed by atoms with van der Waals surface area (Å²) in [5.41, 5.74) is 1.75. The van der Waals surface area contributed by atoms with Crippen molar-refractivity contribution in [3.63, 3.8) is 0 Å². The summed E-state index contributed by atoms with van der Waals surface area (Å²) in [5.74, 6) is 0.555. The van der Waals surface area contributed by atoms with Crippen LogP contribution in [-0.2, 0) is 4.74 Å². The van der Waals surface area contributed by atoms with E-state index in [0.29, 0.717) is 5.92 Å². The van der Waals surface area contributed by atoms with Gasteiger partial charge in [-0.15, -0.1) is 0 Å². The van der Waals surface area contributed by atoms with Gasteiger partial charge in [0.1, 0.15) is 0 Å². The molecule has 2 fully saturated rings. The third-order valence-corrected chi connectivity index (χ3v) is 5.29. The van der Waals surface area contributed by atoms with Crippen LogP contribution in [0.4, 0.5) is 0 Å². The maximum atomic E-state index is 13.0. The van der Waals surface area contributed by atoms with Crippen LogP contribution >= 0.6 is 0 Å². The molecule has 0 saturated carbocycles. The summed E-state index contributed by atoms with van der Waals surface area (Å²) < 4.78 is 5.73. The molecule has 1 aromatic carbocycles. The second kappa shape index (κ2) is 5.83. The molecule has 2 aliphatic heterocycles. The van der Waals surface area contributed by atoms with Gasteiger partial charge in [0, 0.05) is 48.1 Å². The molecule has 0 radical (unpaired) electrons. The van der Waals surface area contributed by atoms with Crippen LogP contribution in [0.25, 0.3) is 10.9 Å². The molecule has 2 aliphatic rings. The van der Waals surface area contributed by atoms with Crippen LogP contribution in [-0.4, -0.2) is 67.6 Å². The van der Waals surface area contributed by atoms with E-state index in [4.69, 9.17) is 4.74 Å². The normalized spacial score (nSPS) is 26.3. The smallest absolute Gasteiger partial charge is 0.253 e. The topological polar surface area (TPSA) is 45.7 Å². The van der Waals surface area contributed by atoms with Crippen molar-refractivity contribution in [3.05, 3.63) is 42.1 Å². The van der Waals surface area contributed by atoms with Crippen molar-refractivity contribution in [1.82, 2.24) is 14.8 Å². The van der Waals surface area contributed by atoms with Crippen LogP contribution in [0.2, 0.25) is 0 Å². The summed E-state index contributed by atoms with van der Waals surface area (Å²) in [7, 11) is 4.18. The van der Waals surface area contributed by atoms with Crippen LogP contribution in [0, 0.1) is 11.3 Å². The minimum Gasteiger partial charge on any atom is -0.380 e. The fraction of sp³-hybridized carbons (Fsp3) is 0.474. The van der Waals surface area contributed by atoms with Gasteiger partial charge < -0.3 is 14.5 Å². The molecule has 126 valence electrons. The number of nitrogens with zero attached hydrogens (tertiary/aromatic N) is 3.